The lowest BCUT2D eigenvalue weighted by atomic mass is 9.92. The van der Waals surface area contributed by atoms with E-state index in [1.54, 1.807) is 12.1 Å². The minimum Gasteiger partial charge on any atom is -0.328 e. The standard InChI is InChI=1S/C15H24N2O4S2.ClH/c1-12(16)14-7-9-17(10-8-14)23(20,21)15-5-3-13(4-6-15)11-22(2,18)19;/h3-6,12,14H,7-11,16H2,1-2H3;1H. The van der Waals surface area contributed by atoms with E-state index in [0.717, 1.165) is 19.1 Å². The molecular formula is C15H25ClN2O4S2. The minimum atomic E-state index is -3.53. The molecule has 0 aliphatic carbocycles. The number of halogens is 1. The summed E-state index contributed by atoms with van der Waals surface area (Å²) in [5, 5.41) is 0. The Kier molecular flexibility index (Phi) is 7.25. The van der Waals surface area contributed by atoms with Crippen molar-refractivity contribution in [3.63, 3.8) is 0 Å². The van der Waals surface area contributed by atoms with Crippen LogP contribution in [-0.2, 0) is 25.6 Å². The Labute approximate surface area is 150 Å². The highest BCUT2D eigenvalue weighted by Crippen LogP contribution is 2.25. The van der Waals surface area contributed by atoms with Crippen LogP contribution in [0.2, 0.25) is 0 Å². The predicted molar refractivity (Wildman–Crippen MR) is 97.4 cm³/mol. The summed E-state index contributed by atoms with van der Waals surface area (Å²) in [6.07, 6.45) is 2.69. The third-order valence-electron chi connectivity index (χ3n) is 4.23. The van der Waals surface area contributed by atoms with Crippen molar-refractivity contribution in [2.24, 2.45) is 11.7 Å². The first kappa shape index (κ1) is 21.4. The third-order valence-corrected chi connectivity index (χ3v) is 7.00. The Morgan fingerprint density at radius 1 is 1.12 bits per heavy atom. The highest BCUT2D eigenvalue weighted by Gasteiger charge is 2.30. The van der Waals surface area contributed by atoms with Gasteiger partial charge in [0.15, 0.2) is 9.84 Å². The van der Waals surface area contributed by atoms with Gasteiger partial charge in [0.25, 0.3) is 0 Å². The van der Waals surface area contributed by atoms with Gasteiger partial charge in [-0.05, 0) is 43.4 Å². The van der Waals surface area contributed by atoms with E-state index < -0.39 is 19.9 Å². The molecule has 1 unspecified atom stereocenters. The third kappa shape index (κ3) is 5.42. The van der Waals surface area contributed by atoms with Crippen molar-refractivity contribution in [2.45, 2.75) is 36.5 Å². The van der Waals surface area contributed by atoms with Gasteiger partial charge in [-0.25, -0.2) is 16.8 Å². The zero-order chi connectivity index (χ0) is 17.3. The van der Waals surface area contributed by atoms with E-state index in [1.807, 2.05) is 6.92 Å². The molecule has 0 aromatic heterocycles. The normalized spacial score (nSPS) is 18.8. The van der Waals surface area contributed by atoms with Crippen molar-refractivity contribution in [1.29, 1.82) is 0 Å². The summed E-state index contributed by atoms with van der Waals surface area (Å²) in [5.41, 5.74) is 6.47. The molecule has 1 saturated heterocycles. The summed E-state index contributed by atoms with van der Waals surface area (Å²) in [6, 6.07) is 6.15. The molecule has 0 bridgehead atoms. The van der Waals surface area contributed by atoms with Crippen LogP contribution in [0.25, 0.3) is 0 Å². The van der Waals surface area contributed by atoms with Gasteiger partial charge in [-0.1, -0.05) is 12.1 Å². The first-order valence-electron chi connectivity index (χ1n) is 7.62. The van der Waals surface area contributed by atoms with Crippen LogP contribution in [0.4, 0.5) is 0 Å². The Balaban J connectivity index is 0.00000288. The van der Waals surface area contributed by atoms with Crippen molar-refractivity contribution in [3.8, 4) is 0 Å². The van der Waals surface area contributed by atoms with Gasteiger partial charge in [0.2, 0.25) is 10.0 Å². The van der Waals surface area contributed by atoms with Gasteiger partial charge < -0.3 is 5.73 Å². The molecule has 6 nitrogen and oxygen atoms in total. The van der Waals surface area contributed by atoms with Gasteiger partial charge in [0.1, 0.15) is 0 Å². The van der Waals surface area contributed by atoms with E-state index in [4.69, 9.17) is 5.73 Å². The van der Waals surface area contributed by atoms with Crippen LogP contribution in [-0.4, -0.2) is 46.5 Å². The number of sulfone groups is 1. The van der Waals surface area contributed by atoms with Gasteiger partial charge in [0, 0.05) is 25.4 Å². The number of hydrogen-bond donors (Lipinski definition) is 1. The lowest BCUT2D eigenvalue weighted by molar-refractivity contribution is 0.250. The second kappa shape index (κ2) is 8.14. The minimum absolute atomic E-state index is 0. The van der Waals surface area contributed by atoms with Crippen molar-refractivity contribution < 1.29 is 16.8 Å². The maximum absolute atomic E-state index is 12.6. The molecule has 0 amide bonds. The maximum atomic E-state index is 12.6. The number of hydrogen-bond acceptors (Lipinski definition) is 5. The second-order valence-corrected chi connectivity index (χ2v) is 10.4. The van der Waals surface area contributed by atoms with Crippen molar-refractivity contribution in [3.05, 3.63) is 29.8 Å². The van der Waals surface area contributed by atoms with Crippen LogP contribution in [0.1, 0.15) is 25.3 Å². The quantitative estimate of drug-likeness (QED) is 0.811. The summed E-state index contributed by atoms with van der Waals surface area (Å²) in [4.78, 5) is 0.203. The molecule has 1 fully saturated rings. The predicted octanol–water partition coefficient (Wildman–Crippen LogP) is 1.40. The summed E-state index contributed by atoms with van der Waals surface area (Å²) < 4.78 is 49.3. The zero-order valence-corrected chi connectivity index (χ0v) is 16.3. The molecular weight excluding hydrogens is 372 g/mol. The number of sulfonamides is 1. The SMILES string of the molecule is CC(N)C1CCN(S(=O)(=O)c2ccc(CS(C)(=O)=O)cc2)CC1.Cl. The summed E-state index contributed by atoms with van der Waals surface area (Å²) in [6.45, 7) is 2.90. The topological polar surface area (TPSA) is 97.5 Å². The van der Waals surface area contributed by atoms with E-state index >= 15 is 0 Å². The molecule has 1 aromatic carbocycles. The number of piperidine rings is 1. The van der Waals surface area contributed by atoms with E-state index in [1.165, 1.54) is 16.4 Å². The van der Waals surface area contributed by atoms with E-state index in [0.29, 0.717) is 24.6 Å². The number of nitrogens with two attached hydrogens (primary N) is 1. The first-order valence-corrected chi connectivity index (χ1v) is 11.1. The number of rotatable bonds is 5. The Morgan fingerprint density at radius 3 is 2.04 bits per heavy atom. The molecule has 0 radical (unpaired) electrons. The first-order chi connectivity index (χ1) is 10.6. The fourth-order valence-corrected chi connectivity index (χ4v) is 5.12. The molecule has 1 aliphatic rings. The summed E-state index contributed by atoms with van der Waals surface area (Å²) in [5.74, 6) is 0.270. The van der Waals surface area contributed by atoms with Crippen LogP contribution in [0.5, 0.6) is 0 Å². The number of benzene rings is 1. The average Bonchev–Trinajstić information content (AvgIpc) is 2.46. The molecule has 0 spiro atoms. The van der Waals surface area contributed by atoms with Crippen LogP contribution >= 0.6 is 12.4 Å². The Bertz CT molecular complexity index is 738. The van der Waals surface area contributed by atoms with E-state index in [9.17, 15) is 16.8 Å². The lowest BCUT2D eigenvalue weighted by Gasteiger charge is -2.32. The Hall–Kier alpha value is -0.670. The van der Waals surface area contributed by atoms with Gasteiger partial charge in [0.05, 0.1) is 10.6 Å². The van der Waals surface area contributed by atoms with Crippen LogP contribution in [0, 0.1) is 5.92 Å². The molecule has 1 aliphatic heterocycles. The fraction of sp³-hybridized carbons (Fsp3) is 0.600. The second-order valence-electron chi connectivity index (χ2n) is 6.31. The Morgan fingerprint density at radius 2 is 1.62 bits per heavy atom. The molecule has 138 valence electrons. The summed E-state index contributed by atoms with van der Waals surface area (Å²) in [7, 11) is -6.66. The van der Waals surface area contributed by atoms with Crippen LogP contribution in [0.3, 0.4) is 0 Å². The monoisotopic (exact) mass is 396 g/mol. The van der Waals surface area contributed by atoms with E-state index in [2.05, 4.69) is 0 Å². The molecule has 2 N–H and O–H groups in total. The smallest absolute Gasteiger partial charge is 0.243 e. The fourth-order valence-electron chi connectivity index (χ4n) is 2.85. The molecule has 1 heterocycles. The molecule has 2 rings (SSSR count). The average molecular weight is 397 g/mol. The van der Waals surface area contributed by atoms with E-state index in [-0.39, 0.29) is 29.1 Å². The summed E-state index contributed by atoms with van der Waals surface area (Å²) >= 11 is 0. The van der Waals surface area contributed by atoms with Crippen molar-refractivity contribution in [1.82, 2.24) is 4.31 Å². The molecule has 1 aromatic rings. The van der Waals surface area contributed by atoms with Gasteiger partial charge in [-0.2, -0.15) is 4.31 Å². The van der Waals surface area contributed by atoms with Crippen molar-refractivity contribution >= 4 is 32.3 Å². The van der Waals surface area contributed by atoms with Gasteiger partial charge in [-0.15, -0.1) is 12.4 Å². The van der Waals surface area contributed by atoms with Crippen LogP contribution < -0.4 is 5.73 Å². The zero-order valence-electron chi connectivity index (χ0n) is 13.9. The number of nitrogens with zero attached hydrogens (tertiary/aromatic N) is 1. The molecule has 1 atom stereocenters. The maximum Gasteiger partial charge on any atom is 0.243 e. The van der Waals surface area contributed by atoms with Gasteiger partial charge >= 0.3 is 0 Å². The highest BCUT2D eigenvalue weighted by atomic mass is 35.5. The van der Waals surface area contributed by atoms with Crippen molar-refractivity contribution in [2.75, 3.05) is 19.3 Å². The van der Waals surface area contributed by atoms with Gasteiger partial charge in [-0.3, -0.25) is 0 Å². The molecule has 9 heteroatoms. The van der Waals surface area contributed by atoms with Crippen LogP contribution in [0.15, 0.2) is 29.2 Å². The lowest BCUT2D eigenvalue weighted by Crippen LogP contribution is -2.42. The molecule has 0 saturated carbocycles. The largest absolute Gasteiger partial charge is 0.328 e. The highest BCUT2D eigenvalue weighted by molar-refractivity contribution is 7.90. The molecule has 24 heavy (non-hydrogen) atoms.